The fourth-order valence-electron chi connectivity index (χ4n) is 5.64. The number of nitrogens with one attached hydrogen (secondary N) is 1. The summed E-state index contributed by atoms with van der Waals surface area (Å²) in [7, 11) is 0. The highest BCUT2D eigenvalue weighted by Crippen LogP contribution is 2.40. The molecule has 0 aliphatic carbocycles. The molecule has 0 bridgehead atoms. The van der Waals surface area contributed by atoms with E-state index >= 15 is 0 Å². The molecule has 240 valence electrons. The predicted octanol–water partition coefficient (Wildman–Crippen LogP) is 4.40. The molecule has 1 saturated heterocycles. The standard InChI is InChI=1S/C33H34N4O6.CH2O2/c1-20(2)42-32(38)27-21(3)35-31(34)29(28(27)24-15-10-16-25(17-24)37(40)41)33(39)43-26-18-36(19-26)30(22-11-6-4-7-12-22)23-13-8-5-9-14-23;2-1-3/h4-17,20,26,28,30,35H,18-19,34H2,1-3H3;1H,(H,2,3). The van der Waals surface area contributed by atoms with Crippen molar-refractivity contribution in [1.82, 2.24) is 10.2 Å². The zero-order valence-electron chi connectivity index (χ0n) is 25.7. The second-order valence-corrected chi connectivity index (χ2v) is 11.0. The number of ether oxygens (including phenoxy) is 2. The lowest BCUT2D eigenvalue weighted by Crippen LogP contribution is -2.54. The van der Waals surface area contributed by atoms with Gasteiger partial charge in [-0.3, -0.25) is 19.8 Å². The van der Waals surface area contributed by atoms with Crippen LogP contribution in [0.5, 0.6) is 0 Å². The van der Waals surface area contributed by atoms with E-state index in [-0.39, 0.29) is 35.2 Å². The maximum Gasteiger partial charge on any atom is 0.339 e. The minimum atomic E-state index is -1.03. The van der Waals surface area contributed by atoms with E-state index in [1.807, 2.05) is 36.4 Å². The first-order chi connectivity index (χ1) is 22.0. The Morgan fingerprint density at radius 2 is 1.54 bits per heavy atom. The van der Waals surface area contributed by atoms with E-state index in [2.05, 4.69) is 34.5 Å². The van der Waals surface area contributed by atoms with Gasteiger partial charge < -0.3 is 25.6 Å². The molecule has 4 N–H and O–H groups in total. The summed E-state index contributed by atoms with van der Waals surface area (Å²) in [6.07, 6.45) is -0.855. The molecule has 0 spiro atoms. The monoisotopic (exact) mass is 628 g/mol. The quantitative estimate of drug-likeness (QED) is 0.133. The highest BCUT2D eigenvalue weighted by molar-refractivity contribution is 6.00. The maximum absolute atomic E-state index is 13.8. The first-order valence-electron chi connectivity index (χ1n) is 14.6. The minimum Gasteiger partial charge on any atom is -0.483 e. The molecule has 1 unspecified atom stereocenters. The normalized spacial score (nSPS) is 16.6. The molecule has 5 rings (SSSR count). The van der Waals surface area contributed by atoms with Gasteiger partial charge >= 0.3 is 11.9 Å². The van der Waals surface area contributed by atoms with Crippen LogP contribution in [0.15, 0.2) is 108 Å². The van der Waals surface area contributed by atoms with Gasteiger partial charge in [-0.25, -0.2) is 9.59 Å². The van der Waals surface area contributed by atoms with E-state index in [0.717, 1.165) is 11.1 Å². The molecule has 0 aromatic heterocycles. The number of esters is 2. The lowest BCUT2D eigenvalue weighted by Gasteiger charge is -2.44. The van der Waals surface area contributed by atoms with Crippen LogP contribution in [0.25, 0.3) is 0 Å². The fraction of sp³-hybridized carbons (Fsp3) is 0.265. The number of nitro groups is 1. The lowest BCUT2D eigenvalue weighted by molar-refractivity contribution is -0.384. The van der Waals surface area contributed by atoms with Crippen molar-refractivity contribution in [1.29, 1.82) is 0 Å². The van der Waals surface area contributed by atoms with Gasteiger partial charge in [0, 0.05) is 30.9 Å². The van der Waals surface area contributed by atoms with E-state index in [9.17, 15) is 19.7 Å². The zero-order chi connectivity index (χ0) is 33.4. The lowest BCUT2D eigenvalue weighted by atomic mass is 9.81. The Morgan fingerprint density at radius 3 is 2.07 bits per heavy atom. The van der Waals surface area contributed by atoms with Crippen LogP contribution >= 0.6 is 0 Å². The Labute approximate surface area is 266 Å². The summed E-state index contributed by atoms with van der Waals surface area (Å²) in [5, 5.41) is 21.4. The van der Waals surface area contributed by atoms with Crippen molar-refractivity contribution in [3.8, 4) is 0 Å². The van der Waals surface area contributed by atoms with Crippen molar-refractivity contribution < 1.29 is 33.9 Å². The van der Waals surface area contributed by atoms with Gasteiger partial charge in [-0.05, 0) is 37.5 Å². The number of hydrogen-bond donors (Lipinski definition) is 3. The number of non-ortho nitro benzene ring substituents is 1. The summed E-state index contributed by atoms with van der Waals surface area (Å²) in [6, 6.07) is 26.0. The van der Waals surface area contributed by atoms with Crippen LogP contribution in [-0.4, -0.2) is 58.6 Å². The highest BCUT2D eigenvalue weighted by atomic mass is 16.6. The first kappa shape index (κ1) is 33.4. The Morgan fingerprint density at radius 1 is 0.978 bits per heavy atom. The molecule has 1 fully saturated rings. The second kappa shape index (κ2) is 15.0. The van der Waals surface area contributed by atoms with Gasteiger partial charge in [0.25, 0.3) is 12.2 Å². The van der Waals surface area contributed by atoms with Gasteiger partial charge in [-0.1, -0.05) is 72.8 Å². The number of nitrogens with zero attached hydrogens (tertiary/aromatic N) is 2. The Bertz CT molecular complexity index is 1590. The molecular formula is C34H36N4O8. The van der Waals surface area contributed by atoms with Gasteiger partial charge in [0.2, 0.25) is 0 Å². The molecule has 3 aromatic rings. The van der Waals surface area contributed by atoms with Crippen molar-refractivity contribution >= 4 is 24.1 Å². The third-order valence-electron chi connectivity index (χ3n) is 7.54. The number of allylic oxidation sites excluding steroid dienone is 1. The molecule has 2 aliphatic rings. The van der Waals surface area contributed by atoms with Crippen LogP contribution in [0.4, 0.5) is 5.69 Å². The van der Waals surface area contributed by atoms with E-state index in [4.69, 9.17) is 25.1 Å². The number of hydrogen-bond acceptors (Lipinski definition) is 10. The predicted molar refractivity (Wildman–Crippen MR) is 169 cm³/mol. The SMILES string of the molecule is CC1=C(C(=O)OC(C)C)C(c2cccc([N+](=O)[O-])c2)C(C(=O)OC2CN(C(c3ccccc3)c3ccccc3)C2)=C(N)N1.O=CO. The van der Waals surface area contributed by atoms with E-state index in [0.29, 0.717) is 24.4 Å². The van der Waals surface area contributed by atoms with Crippen molar-refractivity contribution in [2.45, 2.75) is 44.9 Å². The molecule has 3 aromatic carbocycles. The molecular weight excluding hydrogens is 592 g/mol. The molecule has 46 heavy (non-hydrogen) atoms. The molecule has 2 heterocycles. The van der Waals surface area contributed by atoms with Crippen molar-refractivity contribution in [3.05, 3.63) is 134 Å². The number of carbonyl (C=O) groups is 3. The van der Waals surface area contributed by atoms with Gasteiger partial charge in [0.15, 0.2) is 0 Å². The average molecular weight is 629 g/mol. The van der Waals surface area contributed by atoms with Crippen molar-refractivity contribution in [3.63, 3.8) is 0 Å². The highest BCUT2D eigenvalue weighted by Gasteiger charge is 2.42. The third kappa shape index (κ3) is 7.59. The number of carbonyl (C=O) groups excluding carboxylic acids is 2. The maximum atomic E-state index is 13.8. The average Bonchev–Trinajstić information content (AvgIpc) is 3.00. The molecule has 2 aliphatic heterocycles. The summed E-state index contributed by atoms with van der Waals surface area (Å²) >= 11 is 0. The Balaban J connectivity index is 0.00000154. The molecule has 0 radical (unpaired) electrons. The number of nitrogens with two attached hydrogens (primary N) is 1. The summed E-state index contributed by atoms with van der Waals surface area (Å²) in [4.78, 5) is 48.7. The molecule has 0 amide bonds. The Kier molecular flexibility index (Phi) is 10.9. The number of dihydropyridines is 1. The summed E-state index contributed by atoms with van der Waals surface area (Å²) in [6.45, 7) is 5.80. The van der Waals surface area contributed by atoms with Crippen molar-refractivity contribution in [2.24, 2.45) is 5.73 Å². The number of benzene rings is 3. The van der Waals surface area contributed by atoms with Gasteiger partial charge in [0.05, 0.1) is 34.1 Å². The van der Waals surface area contributed by atoms with Crippen LogP contribution in [0.2, 0.25) is 0 Å². The third-order valence-corrected chi connectivity index (χ3v) is 7.54. The topological polar surface area (TPSA) is 174 Å². The summed E-state index contributed by atoms with van der Waals surface area (Å²) < 4.78 is 11.5. The van der Waals surface area contributed by atoms with Crippen LogP contribution in [0, 0.1) is 10.1 Å². The van der Waals surface area contributed by atoms with Gasteiger partial charge in [-0.2, -0.15) is 0 Å². The van der Waals surface area contributed by atoms with Gasteiger partial charge in [0.1, 0.15) is 11.9 Å². The molecule has 0 saturated carbocycles. The second-order valence-electron chi connectivity index (χ2n) is 11.0. The van der Waals surface area contributed by atoms with Crippen molar-refractivity contribution in [2.75, 3.05) is 13.1 Å². The van der Waals surface area contributed by atoms with Crippen LogP contribution in [0.3, 0.4) is 0 Å². The molecule has 1 atom stereocenters. The van der Waals surface area contributed by atoms with Crippen LogP contribution < -0.4 is 11.1 Å². The number of carboxylic acid groups (broad SMARTS) is 1. The first-order valence-corrected chi connectivity index (χ1v) is 14.6. The smallest absolute Gasteiger partial charge is 0.339 e. The summed E-state index contributed by atoms with van der Waals surface area (Å²) in [5.41, 5.74) is 9.31. The minimum absolute atomic E-state index is 0.00271. The molecule has 12 heteroatoms. The van der Waals surface area contributed by atoms with Gasteiger partial charge in [-0.15, -0.1) is 0 Å². The van der Waals surface area contributed by atoms with E-state index in [1.165, 1.54) is 18.2 Å². The van der Waals surface area contributed by atoms with E-state index < -0.39 is 35.0 Å². The van der Waals surface area contributed by atoms with E-state index in [1.54, 1.807) is 26.8 Å². The largest absolute Gasteiger partial charge is 0.483 e. The van der Waals surface area contributed by atoms with Crippen LogP contribution in [-0.2, 0) is 23.9 Å². The fourth-order valence-corrected chi connectivity index (χ4v) is 5.64. The summed E-state index contributed by atoms with van der Waals surface area (Å²) in [5.74, 6) is -2.37. The molecule has 12 nitrogen and oxygen atoms in total. The number of rotatable bonds is 9. The number of likely N-dealkylation sites (tertiary alicyclic amines) is 1. The number of nitro benzene ring substituents is 1. The Hall–Kier alpha value is -5.49. The van der Waals surface area contributed by atoms with Crippen LogP contribution in [0.1, 0.15) is 49.4 Å². The zero-order valence-corrected chi connectivity index (χ0v) is 25.7.